The van der Waals surface area contributed by atoms with E-state index in [-0.39, 0.29) is 29.8 Å². The number of hydrogen-bond acceptors (Lipinski definition) is 6. The van der Waals surface area contributed by atoms with Crippen LogP contribution in [0.4, 0.5) is 5.69 Å². The normalized spacial score (nSPS) is 13.9. The Kier molecular flexibility index (Phi) is 11.8. The Balaban J connectivity index is 1.57. The number of carbonyl (C=O) groups is 2. The summed E-state index contributed by atoms with van der Waals surface area (Å²) in [5.74, 6) is -0.128. The van der Waals surface area contributed by atoms with Crippen molar-refractivity contribution in [3.63, 3.8) is 0 Å². The first-order valence-electron chi connectivity index (χ1n) is 16.2. The zero-order chi connectivity index (χ0) is 34.1. The predicted octanol–water partition coefficient (Wildman–Crippen LogP) is 6.62. The zero-order valence-electron chi connectivity index (χ0n) is 27.7. The minimum atomic E-state index is -4.17. The van der Waals surface area contributed by atoms with E-state index in [4.69, 9.17) is 4.74 Å². The Hall–Kier alpha value is -4.28. The van der Waals surface area contributed by atoms with Crippen molar-refractivity contribution in [3.05, 3.63) is 120 Å². The van der Waals surface area contributed by atoms with Crippen molar-refractivity contribution in [2.75, 3.05) is 24.2 Å². The first-order valence-corrected chi connectivity index (χ1v) is 18.8. The lowest BCUT2D eigenvalue weighted by Crippen LogP contribution is -2.54. The lowest BCUT2D eigenvalue weighted by atomic mass is 10.0. The van der Waals surface area contributed by atoms with Gasteiger partial charge >= 0.3 is 0 Å². The van der Waals surface area contributed by atoms with Gasteiger partial charge in [-0.05, 0) is 85.7 Å². The van der Waals surface area contributed by atoms with Crippen LogP contribution in [0.15, 0.2) is 113 Å². The third kappa shape index (κ3) is 8.79. The molecule has 0 heterocycles. The van der Waals surface area contributed by atoms with Gasteiger partial charge in [0.05, 0.1) is 17.7 Å². The summed E-state index contributed by atoms with van der Waals surface area (Å²) in [6.07, 6.45) is 6.06. The zero-order valence-corrected chi connectivity index (χ0v) is 29.3. The molecule has 0 saturated heterocycles. The third-order valence-electron chi connectivity index (χ3n) is 8.71. The number of rotatable bonds is 14. The van der Waals surface area contributed by atoms with Gasteiger partial charge in [-0.3, -0.25) is 13.9 Å². The lowest BCUT2D eigenvalue weighted by molar-refractivity contribution is -0.140. The van der Waals surface area contributed by atoms with E-state index >= 15 is 0 Å². The number of methoxy groups -OCH3 is 1. The van der Waals surface area contributed by atoms with Crippen LogP contribution in [0.5, 0.6) is 5.75 Å². The van der Waals surface area contributed by atoms with Crippen LogP contribution >= 0.6 is 11.8 Å². The molecule has 1 atom stereocenters. The van der Waals surface area contributed by atoms with Crippen LogP contribution in [0.25, 0.3) is 0 Å². The van der Waals surface area contributed by atoms with E-state index in [1.54, 1.807) is 43.5 Å². The lowest BCUT2D eigenvalue weighted by Gasteiger charge is -2.34. The van der Waals surface area contributed by atoms with Gasteiger partial charge in [0.2, 0.25) is 11.8 Å². The summed E-state index contributed by atoms with van der Waals surface area (Å²) in [5, 5.41) is 3.21. The highest BCUT2D eigenvalue weighted by Crippen LogP contribution is 2.27. The summed E-state index contributed by atoms with van der Waals surface area (Å²) in [4.78, 5) is 31.4. The first kappa shape index (κ1) is 35.0. The number of sulfonamides is 1. The SMILES string of the molecule is COc1cccc(CN(C(=O)CN(c2ccc(C)cc2)S(=O)(=O)c2ccc(SC)cc2)[C@@H](Cc2ccccc2)C(=O)NC2CCCC2)c1. The van der Waals surface area contributed by atoms with Crippen molar-refractivity contribution >= 4 is 39.3 Å². The summed E-state index contributed by atoms with van der Waals surface area (Å²) < 4.78 is 35.2. The van der Waals surface area contributed by atoms with Gasteiger partial charge in [0.15, 0.2) is 0 Å². The fourth-order valence-electron chi connectivity index (χ4n) is 6.00. The molecule has 0 bridgehead atoms. The number of benzene rings is 4. The van der Waals surface area contributed by atoms with Crippen LogP contribution in [0, 0.1) is 6.92 Å². The summed E-state index contributed by atoms with van der Waals surface area (Å²) in [6.45, 7) is 1.50. The molecule has 4 aromatic rings. The third-order valence-corrected chi connectivity index (χ3v) is 11.2. The van der Waals surface area contributed by atoms with Crippen LogP contribution in [-0.2, 0) is 32.6 Å². The molecule has 1 aliphatic carbocycles. The second-order valence-electron chi connectivity index (χ2n) is 12.1. The second kappa shape index (κ2) is 16.2. The number of anilines is 1. The van der Waals surface area contributed by atoms with Crippen LogP contribution in [-0.4, -0.2) is 57.1 Å². The molecule has 0 aromatic heterocycles. The van der Waals surface area contributed by atoms with E-state index in [0.29, 0.717) is 11.4 Å². The maximum Gasteiger partial charge on any atom is 0.264 e. The summed E-state index contributed by atoms with van der Waals surface area (Å²) in [6, 6.07) is 29.8. The molecular weight excluding hydrogens is 643 g/mol. The van der Waals surface area contributed by atoms with E-state index in [0.717, 1.165) is 51.6 Å². The maximum atomic E-state index is 14.7. The molecule has 1 saturated carbocycles. The van der Waals surface area contributed by atoms with Crippen LogP contribution in [0.2, 0.25) is 0 Å². The molecule has 0 radical (unpaired) electrons. The molecule has 1 aliphatic rings. The highest BCUT2D eigenvalue weighted by Gasteiger charge is 2.35. The molecule has 4 aromatic carbocycles. The molecule has 2 amide bonds. The molecule has 0 aliphatic heterocycles. The summed E-state index contributed by atoms with van der Waals surface area (Å²) in [5.41, 5.74) is 2.97. The number of thioether (sulfide) groups is 1. The quantitative estimate of drug-likeness (QED) is 0.150. The molecular formula is C38H43N3O5S2. The van der Waals surface area contributed by atoms with Crippen molar-refractivity contribution < 1.29 is 22.7 Å². The van der Waals surface area contributed by atoms with E-state index in [9.17, 15) is 18.0 Å². The van der Waals surface area contributed by atoms with Crippen molar-refractivity contribution in [1.29, 1.82) is 0 Å². The standard InChI is InChI=1S/C38H43N3O5S2/c1-28-16-18-32(19-17-28)41(48(44,45)35-22-20-34(47-3)21-23-35)27-37(42)40(26-30-12-9-15-33(24-30)46-2)36(25-29-10-5-4-6-11-29)38(43)39-31-13-7-8-14-31/h4-6,9-12,15-24,31,36H,7-8,13-14,25-27H2,1-3H3,(H,39,43)/t36-/m0/s1. The van der Waals surface area contributed by atoms with E-state index in [1.165, 1.54) is 16.7 Å². The minimum Gasteiger partial charge on any atom is -0.497 e. The van der Waals surface area contributed by atoms with Gasteiger partial charge in [-0.1, -0.05) is 73.0 Å². The van der Waals surface area contributed by atoms with Gasteiger partial charge in [-0.15, -0.1) is 11.8 Å². The molecule has 252 valence electrons. The molecule has 8 nitrogen and oxygen atoms in total. The number of aryl methyl sites for hydroxylation is 1. The topological polar surface area (TPSA) is 96.0 Å². The number of nitrogens with one attached hydrogen (secondary N) is 1. The van der Waals surface area contributed by atoms with Crippen molar-refractivity contribution in [2.24, 2.45) is 0 Å². The first-order chi connectivity index (χ1) is 23.2. The monoisotopic (exact) mass is 685 g/mol. The predicted molar refractivity (Wildman–Crippen MR) is 192 cm³/mol. The fourth-order valence-corrected chi connectivity index (χ4v) is 7.83. The second-order valence-corrected chi connectivity index (χ2v) is 14.8. The Morgan fingerprint density at radius 3 is 2.21 bits per heavy atom. The van der Waals surface area contributed by atoms with Gasteiger partial charge in [0.25, 0.3) is 10.0 Å². The van der Waals surface area contributed by atoms with Gasteiger partial charge < -0.3 is 15.0 Å². The van der Waals surface area contributed by atoms with Crippen molar-refractivity contribution in [2.45, 2.75) is 67.4 Å². The highest BCUT2D eigenvalue weighted by molar-refractivity contribution is 7.98. The molecule has 0 unspecified atom stereocenters. The van der Waals surface area contributed by atoms with Crippen LogP contribution < -0.4 is 14.4 Å². The molecule has 0 spiro atoms. The Morgan fingerprint density at radius 2 is 1.56 bits per heavy atom. The van der Waals surface area contributed by atoms with Crippen molar-refractivity contribution in [3.8, 4) is 5.75 Å². The van der Waals surface area contributed by atoms with E-state index in [1.807, 2.05) is 79.9 Å². The highest BCUT2D eigenvalue weighted by atomic mass is 32.2. The Bertz CT molecular complexity index is 1780. The minimum absolute atomic E-state index is 0.0400. The maximum absolute atomic E-state index is 14.7. The summed E-state index contributed by atoms with van der Waals surface area (Å²) >= 11 is 1.51. The van der Waals surface area contributed by atoms with Gasteiger partial charge in [0.1, 0.15) is 18.3 Å². The Labute approximate surface area is 288 Å². The average molecular weight is 686 g/mol. The fraction of sp³-hybridized carbons (Fsp3) is 0.316. The van der Waals surface area contributed by atoms with Gasteiger partial charge in [-0.25, -0.2) is 8.42 Å². The van der Waals surface area contributed by atoms with Gasteiger partial charge in [0, 0.05) is 23.9 Å². The molecule has 48 heavy (non-hydrogen) atoms. The van der Waals surface area contributed by atoms with E-state index in [2.05, 4.69) is 5.32 Å². The molecule has 5 rings (SSSR count). The molecule has 1 fully saturated rings. The smallest absolute Gasteiger partial charge is 0.264 e. The number of hydrogen-bond donors (Lipinski definition) is 1. The largest absolute Gasteiger partial charge is 0.497 e. The van der Waals surface area contributed by atoms with Crippen LogP contribution in [0.3, 0.4) is 0 Å². The van der Waals surface area contributed by atoms with Crippen LogP contribution in [0.1, 0.15) is 42.4 Å². The number of nitrogens with zero attached hydrogens (tertiary/aromatic N) is 2. The van der Waals surface area contributed by atoms with Crippen molar-refractivity contribution in [1.82, 2.24) is 10.2 Å². The van der Waals surface area contributed by atoms with E-state index < -0.39 is 28.5 Å². The Morgan fingerprint density at radius 1 is 0.896 bits per heavy atom. The molecule has 1 N–H and O–H groups in total. The number of amides is 2. The average Bonchev–Trinajstić information content (AvgIpc) is 3.62. The number of carbonyl (C=O) groups excluding carboxylic acids is 2. The van der Waals surface area contributed by atoms with Gasteiger partial charge in [-0.2, -0.15) is 0 Å². The molecule has 10 heteroatoms. The number of ether oxygens (including phenoxy) is 1. The summed E-state index contributed by atoms with van der Waals surface area (Å²) in [7, 11) is -2.60.